The van der Waals surface area contributed by atoms with E-state index >= 15 is 0 Å². The Morgan fingerprint density at radius 3 is 2.37 bits per heavy atom. The van der Waals surface area contributed by atoms with Gasteiger partial charge in [0.1, 0.15) is 0 Å². The van der Waals surface area contributed by atoms with Crippen molar-refractivity contribution in [2.45, 2.75) is 64.1 Å². The number of likely N-dealkylation sites (N-methyl/N-ethyl adjacent to an activating group) is 1. The molecule has 1 aromatic rings. The molecule has 2 rings (SSSR count). The van der Waals surface area contributed by atoms with Gasteiger partial charge in [0.05, 0.1) is 0 Å². The summed E-state index contributed by atoms with van der Waals surface area (Å²) in [5, 5.41) is 0. The number of nitrogens with two attached hydrogens (primary N) is 1. The van der Waals surface area contributed by atoms with Gasteiger partial charge in [0.15, 0.2) is 0 Å². The third-order valence-electron chi connectivity index (χ3n) is 4.43. The van der Waals surface area contributed by atoms with Crippen molar-refractivity contribution >= 4 is 0 Å². The highest BCUT2D eigenvalue weighted by atomic mass is 15.1. The fourth-order valence-corrected chi connectivity index (χ4v) is 3.10. The molecular formula is C17H28N2. The van der Waals surface area contributed by atoms with Crippen molar-refractivity contribution in [1.29, 1.82) is 0 Å². The standard InChI is InChI=1S/C17H28N2/c1-13(2)15-10-8-14(9-11-15)12-19(3)17-7-5-4-6-16(17)18/h8-11,13,16-17H,4-7,12,18H2,1-3H3. The lowest BCUT2D eigenvalue weighted by Crippen LogP contribution is -2.47. The molecule has 0 radical (unpaired) electrons. The van der Waals surface area contributed by atoms with Gasteiger partial charge in [-0.15, -0.1) is 0 Å². The van der Waals surface area contributed by atoms with E-state index in [1.165, 1.54) is 36.8 Å². The van der Waals surface area contributed by atoms with Crippen LogP contribution in [0.5, 0.6) is 0 Å². The Balaban J connectivity index is 1.96. The molecule has 2 unspecified atom stereocenters. The molecule has 19 heavy (non-hydrogen) atoms. The highest BCUT2D eigenvalue weighted by Gasteiger charge is 2.25. The average Bonchev–Trinajstić information content (AvgIpc) is 2.39. The van der Waals surface area contributed by atoms with Crippen LogP contribution in [0.3, 0.4) is 0 Å². The largest absolute Gasteiger partial charge is 0.326 e. The SMILES string of the molecule is CC(C)c1ccc(CN(C)C2CCCCC2N)cc1. The van der Waals surface area contributed by atoms with Crippen LogP contribution >= 0.6 is 0 Å². The second-order valence-electron chi connectivity index (χ2n) is 6.33. The normalized spacial score (nSPS) is 24.1. The third kappa shape index (κ3) is 3.80. The first-order valence-electron chi connectivity index (χ1n) is 7.62. The van der Waals surface area contributed by atoms with Crippen LogP contribution in [-0.2, 0) is 6.54 Å². The van der Waals surface area contributed by atoms with Gasteiger partial charge in [0, 0.05) is 18.6 Å². The highest BCUT2D eigenvalue weighted by Crippen LogP contribution is 2.23. The lowest BCUT2D eigenvalue weighted by atomic mass is 9.90. The molecular weight excluding hydrogens is 232 g/mol. The summed E-state index contributed by atoms with van der Waals surface area (Å²) in [6.07, 6.45) is 5.06. The summed E-state index contributed by atoms with van der Waals surface area (Å²) in [5.41, 5.74) is 9.07. The smallest absolute Gasteiger partial charge is 0.0247 e. The van der Waals surface area contributed by atoms with Gasteiger partial charge in [-0.2, -0.15) is 0 Å². The molecule has 0 spiro atoms. The summed E-state index contributed by atoms with van der Waals surface area (Å²) in [7, 11) is 2.21. The third-order valence-corrected chi connectivity index (χ3v) is 4.43. The molecule has 0 aliphatic heterocycles. The topological polar surface area (TPSA) is 29.3 Å². The van der Waals surface area contributed by atoms with Crippen molar-refractivity contribution in [3.05, 3.63) is 35.4 Å². The van der Waals surface area contributed by atoms with E-state index in [0.29, 0.717) is 18.0 Å². The maximum absolute atomic E-state index is 6.26. The second kappa shape index (κ2) is 6.53. The molecule has 1 aliphatic carbocycles. The molecule has 0 saturated heterocycles. The lowest BCUT2D eigenvalue weighted by molar-refractivity contribution is 0.162. The van der Waals surface area contributed by atoms with Crippen LogP contribution < -0.4 is 5.73 Å². The van der Waals surface area contributed by atoms with Gasteiger partial charge in [-0.1, -0.05) is 51.0 Å². The van der Waals surface area contributed by atoms with Crippen LogP contribution in [0.1, 0.15) is 56.6 Å². The predicted octanol–water partition coefficient (Wildman–Crippen LogP) is 3.51. The fourth-order valence-electron chi connectivity index (χ4n) is 3.10. The molecule has 1 aromatic carbocycles. The molecule has 2 heteroatoms. The van der Waals surface area contributed by atoms with Crippen LogP contribution in [0.15, 0.2) is 24.3 Å². The van der Waals surface area contributed by atoms with Crippen LogP contribution in [0, 0.1) is 0 Å². The maximum Gasteiger partial charge on any atom is 0.0247 e. The zero-order valence-corrected chi connectivity index (χ0v) is 12.6. The van der Waals surface area contributed by atoms with E-state index in [1.807, 2.05) is 0 Å². The molecule has 0 heterocycles. The van der Waals surface area contributed by atoms with Gasteiger partial charge in [-0.25, -0.2) is 0 Å². The van der Waals surface area contributed by atoms with Crippen LogP contribution in [0.25, 0.3) is 0 Å². The molecule has 106 valence electrons. The minimum atomic E-state index is 0.355. The van der Waals surface area contributed by atoms with E-state index in [-0.39, 0.29) is 0 Å². The molecule has 2 N–H and O–H groups in total. The van der Waals surface area contributed by atoms with Gasteiger partial charge < -0.3 is 5.73 Å². The van der Waals surface area contributed by atoms with E-state index in [4.69, 9.17) is 5.73 Å². The fraction of sp³-hybridized carbons (Fsp3) is 0.647. The van der Waals surface area contributed by atoms with Crippen LogP contribution in [0.4, 0.5) is 0 Å². The Hall–Kier alpha value is -0.860. The molecule has 1 saturated carbocycles. The summed E-state index contributed by atoms with van der Waals surface area (Å²) < 4.78 is 0. The first-order valence-corrected chi connectivity index (χ1v) is 7.62. The van der Waals surface area contributed by atoms with Gasteiger partial charge in [0.25, 0.3) is 0 Å². The van der Waals surface area contributed by atoms with E-state index < -0.39 is 0 Å². The summed E-state index contributed by atoms with van der Waals surface area (Å²) in [5.74, 6) is 0.610. The number of hydrogen-bond acceptors (Lipinski definition) is 2. The Morgan fingerprint density at radius 1 is 1.16 bits per heavy atom. The Bertz CT molecular complexity index is 383. The number of nitrogens with zero attached hydrogens (tertiary/aromatic N) is 1. The Labute approximate surface area is 118 Å². The minimum Gasteiger partial charge on any atom is -0.326 e. The van der Waals surface area contributed by atoms with E-state index in [9.17, 15) is 0 Å². The summed E-state index contributed by atoms with van der Waals surface area (Å²) in [6, 6.07) is 9.95. The number of benzene rings is 1. The first-order chi connectivity index (χ1) is 9.08. The molecule has 2 nitrogen and oxygen atoms in total. The molecule has 2 atom stereocenters. The van der Waals surface area contributed by atoms with E-state index in [0.717, 1.165) is 6.54 Å². The number of hydrogen-bond donors (Lipinski definition) is 1. The molecule has 0 aromatic heterocycles. The van der Waals surface area contributed by atoms with Gasteiger partial charge in [-0.05, 0) is 36.9 Å². The average molecular weight is 260 g/mol. The van der Waals surface area contributed by atoms with Gasteiger partial charge >= 0.3 is 0 Å². The zero-order valence-electron chi connectivity index (χ0n) is 12.6. The van der Waals surface area contributed by atoms with Crippen molar-refractivity contribution in [2.24, 2.45) is 5.73 Å². The minimum absolute atomic E-state index is 0.355. The van der Waals surface area contributed by atoms with E-state index in [1.54, 1.807) is 0 Å². The Kier molecular flexibility index (Phi) is 5.00. The summed E-state index contributed by atoms with van der Waals surface area (Å²) >= 11 is 0. The van der Waals surface area contributed by atoms with Gasteiger partial charge in [-0.3, -0.25) is 4.90 Å². The highest BCUT2D eigenvalue weighted by molar-refractivity contribution is 5.24. The summed E-state index contributed by atoms with van der Waals surface area (Å²) in [6.45, 7) is 5.49. The van der Waals surface area contributed by atoms with Crippen LogP contribution in [0.2, 0.25) is 0 Å². The summed E-state index contributed by atoms with van der Waals surface area (Å²) in [4.78, 5) is 2.44. The van der Waals surface area contributed by atoms with Crippen molar-refractivity contribution in [2.75, 3.05) is 7.05 Å². The molecule has 1 aliphatic rings. The first kappa shape index (κ1) is 14.5. The predicted molar refractivity (Wildman–Crippen MR) is 82.2 cm³/mol. The van der Waals surface area contributed by atoms with E-state index in [2.05, 4.69) is 50.1 Å². The van der Waals surface area contributed by atoms with Gasteiger partial charge in [0.2, 0.25) is 0 Å². The van der Waals surface area contributed by atoms with Crippen molar-refractivity contribution < 1.29 is 0 Å². The quantitative estimate of drug-likeness (QED) is 0.897. The zero-order chi connectivity index (χ0) is 13.8. The lowest BCUT2D eigenvalue weighted by Gasteiger charge is -2.36. The Morgan fingerprint density at radius 2 is 1.79 bits per heavy atom. The van der Waals surface area contributed by atoms with Crippen molar-refractivity contribution in [3.8, 4) is 0 Å². The maximum atomic E-state index is 6.26. The van der Waals surface area contributed by atoms with Crippen molar-refractivity contribution in [3.63, 3.8) is 0 Å². The molecule has 0 bridgehead atoms. The van der Waals surface area contributed by atoms with Crippen LogP contribution in [-0.4, -0.2) is 24.0 Å². The number of rotatable bonds is 4. The molecule has 0 amide bonds. The monoisotopic (exact) mass is 260 g/mol. The molecule has 1 fully saturated rings. The van der Waals surface area contributed by atoms with Crippen molar-refractivity contribution in [1.82, 2.24) is 4.90 Å². The second-order valence-corrected chi connectivity index (χ2v) is 6.33.